The molecule has 0 spiro atoms. The van der Waals surface area contributed by atoms with Crippen molar-refractivity contribution in [2.45, 2.75) is 84.7 Å². The summed E-state index contributed by atoms with van der Waals surface area (Å²) in [4.78, 5) is 10.6. The first-order valence-electron chi connectivity index (χ1n) is 10.8. The Balaban J connectivity index is 0.00000392. The van der Waals surface area contributed by atoms with Crippen LogP contribution in [0.15, 0.2) is 4.99 Å². The fraction of sp³-hybridized carbons (Fsp3) is 0.810. The third-order valence-electron chi connectivity index (χ3n) is 5.03. The normalized spacial score (nSPS) is 15.8. The molecule has 1 saturated carbocycles. The molecule has 0 bridgehead atoms. The van der Waals surface area contributed by atoms with Gasteiger partial charge in [-0.25, -0.2) is 4.98 Å². The van der Waals surface area contributed by atoms with Gasteiger partial charge in [0.15, 0.2) is 5.96 Å². The van der Waals surface area contributed by atoms with Gasteiger partial charge in [0.05, 0.1) is 16.8 Å². The van der Waals surface area contributed by atoms with Crippen LogP contribution in [-0.2, 0) is 11.2 Å². The number of aromatic nitrogens is 1. The monoisotopic (exact) mass is 522 g/mol. The predicted molar refractivity (Wildman–Crippen MR) is 131 cm³/mol. The molecule has 0 amide bonds. The van der Waals surface area contributed by atoms with E-state index >= 15 is 0 Å². The number of ether oxygens (including phenoxy) is 1. The van der Waals surface area contributed by atoms with Crippen molar-refractivity contribution in [2.75, 3.05) is 26.2 Å². The molecular weight excluding hydrogens is 483 g/mol. The van der Waals surface area contributed by atoms with Crippen LogP contribution >= 0.6 is 35.3 Å². The van der Waals surface area contributed by atoms with Crippen molar-refractivity contribution in [3.63, 3.8) is 0 Å². The average Bonchev–Trinajstić information content (AvgIpc) is 2.84. The first kappa shape index (κ1) is 25.6. The second-order valence-electron chi connectivity index (χ2n) is 7.38. The van der Waals surface area contributed by atoms with Crippen LogP contribution in [-0.4, -0.2) is 43.3 Å². The topological polar surface area (TPSA) is 58.5 Å². The summed E-state index contributed by atoms with van der Waals surface area (Å²) >= 11 is 1.79. The van der Waals surface area contributed by atoms with E-state index < -0.39 is 0 Å². The number of halogens is 1. The third kappa shape index (κ3) is 10.4. The number of aryl methyl sites for hydroxylation is 2. The first-order chi connectivity index (χ1) is 13.2. The summed E-state index contributed by atoms with van der Waals surface area (Å²) < 4.78 is 6.06. The number of nitrogens with zero attached hydrogens (tertiary/aromatic N) is 2. The summed E-state index contributed by atoms with van der Waals surface area (Å²) in [5.74, 6) is 0.909. The van der Waals surface area contributed by atoms with Crippen LogP contribution in [0.3, 0.4) is 0 Å². The quantitative estimate of drug-likeness (QED) is 0.149. The van der Waals surface area contributed by atoms with Gasteiger partial charge < -0.3 is 15.4 Å². The minimum absolute atomic E-state index is 0. The van der Waals surface area contributed by atoms with Gasteiger partial charge in [0.1, 0.15) is 0 Å². The van der Waals surface area contributed by atoms with E-state index in [2.05, 4.69) is 41.4 Å². The smallest absolute Gasteiger partial charge is 0.191 e. The Morgan fingerprint density at radius 2 is 1.89 bits per heavy atom. The maximum atomic E-state index is 6.06. The lowest BCUT2D eigenvalue weighted by molar-refractivity contribution is 0.0413. The van der Waals surface area contributed by atoms with E-state index in [1.54, 1.807) is 11.3 Å². The van der Waals surface area contributed by atoms with Gasteiger partial charge in [0.2, 0.25) is 0 Å². The molecule has 5 nitrogen and oxygen atoms in total. The van der Waals surface area contributed by atoms with Crippen LogP contribution < -0.4 is 10.6 Å². The Labute approximate surface area is 192 Å². The Hall–Kier alpha value is -0.410. The van der Waals surface area contributed by atoms with E-state index in [9.17, 15) is 0 Å². The third-order valence-corrected chi connectivity index (χ3v) is 6.16. The van der Waals surface area contributed by atoms with Gasteiger partial charge in [0.25, 0.3) is 0 Å². The molecule has 0 unspecified atom stereocenters. The molecule has 1 heterocycles. The zero-order valence-corrected chi connectivity index (χ0v) is 21.0. The number of guanidine groups is 1. The first-order valence-corrected chi connectivity index (χ1v) is 11.6. The maximum Gasteiger partial charge on any atom is 0.191 e. The largest absolute Gasteiger partial charge is 0.378 e. The number of thiazole rings is 1. The molecule has 0 atom stereocenters. The number of unbranched alkanes of at least 4 members (excludes halogenated alkanes) is 1. The van der Waals surface area contributed by atoms with Gasteiger partial charge in [-0.2, -0.15) is 0 Å². The fourth-order valence-corrected chi connectivity index (χ4v) is 4.27. The highest BCUT2D eigenvalue weighted by atomic mass is 127. The van der Waals surface area contributed by atoms with Crippen LogP contribution in [0.1, 0.15) is 73.9 Å². The van der Waals surface area contributed by atoms with Crippen LogP contribution in [0.25, 0.3) is 0 Å². The van der Waals surface area contributed by atoms with Crippen LogP contribution in [0.2, 0.25) is 0 Å². The van der Waals surface area contributed by atoms with Crippen molar-refractivity contribution < 1.29 is 4.74 Å². The Morgan fingerprint density at radius 1 is 1.14 bits per heavy atom. The summed E-state index contributed by atoms with van der Waals surface area (Å²) in [6.07, 6.45) is 11.6. The zero-order chi connectivity index (χ0) is 19.3. The molecule has 2 N–H and O–H groups in total. The molecule has 0 aliphatic heterocycles. The lowest BCUT2D eigenvalue weighted by Gasteiger charge is -2.15. The summed E-state index contributed by atoms with van der Waals surface area (Å²) in [5.41, 5.74) is 1.15. The van der Waals surface area contributed by atoms with E-state index in [0.29, 0.717) is 6.10 Å². The lowest BCUT2D eigenvalue weighted by atomic mass is 10.1. The van der Waals surface area contributed by atoms with E-state index in [4.69, 9.17) is 4.74 Å². The summed E-state index contributed by atoms with van der Waals surface area (Å²) in [5, 5.41) is 7.95. The highest BCUT2D eigenvalue weighted by molar-refractivity contribution is 14.0. The number of hydrogen-bond acceptors (Lipinski definition) is 4. The van der Waals surface area contributed by atoms with Crippen molar-refractivity contribution in [3.05, 3.63) is 15.6 Å². The molecule has 28 heavy (non-hydrogen) atoms. The van der Waals surface area contributed by atoms with Crippen LogP contribution in [0.5, 0.6) is 0 Å². The molecule has 0 aromatic carbocycles. The lowest BCUT2D eigenvalue weighted by Crippen LogP contribution is -2.38. The van der Waals surface area contributed by atoms with E-state index in [-0.39, 0.29) is 24.0 Å². The fourth-order valence-electron chi connectivity index (χ4n) is 3.34. The molecule has 1 fully saturated rings. The second kappa shape index (κ2) is 15.4. The van der Waals surface area contributed by atoms with Crippen LogP contribution in [0.4, 0.5) is 0 Å². The maximum absolute atomic E-state index is 6.06. The van der Waals surface area contributed by atoms with Gasteiger partial charge in [-0.3, -0.25) is 4.99 Å². The molecule has 162 valence electrons. The average molecular weight is 523 g/mol. The molecular formula is C21H39IN4OS. The highest BCUT2D eigenvalue weighted by Crippen LogP contribution is 2.20. The SMILES string of the molecule is CCNC(=NCCCCOC1CCCCCC1)NCCc1nc(C)c(C)s1.I. The Morgan fingerprint density at radius 3 is 2.54 bits per heavy atom. The molecule has 1 aromatic rings. The Kier molecular flexibility index (Phi) is 14.1. The van der Waals surface area contributed by atoms with E-state index in [1.165, 1.54) is 48.4 Å². The standard InChI is InChI=1S/C21H38N4OS.HI/c1-4-22-21(24-15-13-20-25-17(2)18(3)27-20)23-14-9-10-16-26-19-11-7-5-6-8-12-19;/h19H,4-16H2,1-3H3,(H2,22,23,24);1H. The molecule has 2 rings (SSSR count). The molecule has 0 saturated heterocycles. The minimum atomic E-state index is 0. The van der Waals surface area contributed by atoms with Crippen molar-refractivity contribution in [1.29, 1.82) is 0 Å². The van der Waals surface area contributed by atoms with Gasteiger partial charge in [-0.1, -0.05) is 25.7 Å². The minimum Gasteiger partial charge on any atom is -0.378 e. The number of aliphatic imine (C=N–C) groups is 1. The van der Waals surface area contributed by atoms with E-state index in [1.807, 2.05) is 0 Å². The molecule has 0 radical (unpaired) electrons. The van der Waals surface area contributed by atoms with Gasteiger partial charge in [-0.05, 0) is 46.5 Å². The number of hydrogen-bond donors (Lipinski definition) is 2. The second-order valence-corrected chi connectivity index (χ2v) is 8.67. The summed E-state index contributed by atoms with van der Waals surface area (Å²) in [6.45, 7) is 9.79. The van der Waals surface area contributed by atoms with Crippen LogP contribution in [0, 0.1) is 13.8 Å². The van der Waals surface area contributed by atoms with Crippen molar-refractivity contribution in [3.8, 4) is 0 Å². The van der Waals surface area contributed by atoms with Crippen molar-refractivity contribution >= 4 is 41.3 Å². The molecule has 1 aliphatic rings. The predicted octanol–water partition coefficient (Wildman–Crippen LogP) is 5.00. The summed E-state index contributed by atoms with van der Waals surface area (Å²) in [7, 11) is 0. The van der Waals surface area contributed by atoms with E-state index in [0.717, 1.165) is 57.2 Å². The number of rotatable bonds is 10. The molecule has 7 heteroatoms. The van der Waals surface area contributed by atoms with Gasteiger partial charge in [-0.15, -0.1) is 35.3 Å². The molecule has 1 aliphatic carbocycles. The highest BCUT2D eigenvalue weighted by Gasteiger charge is 2.11. The van der Waals surface area contributed by atoms with Crippen molar-refractivity contribution in [2.24, 2.45) is 4.99 Å². The van der Waals surface area contributed by atoms with Gasteiger partial charge in [0, 0.05) is 37.5 Å². The summed E-state index contributed by atoms with van der Waals surface area (Å²) in [6, 6.07) is 0. The van der Waals surface area contributed by atoms with Crippen molar-refractivity contribution in [1.82, 2.24) is 15.6 Å². The number of nitrogens with one attached hydrogen (secondary N) is 2. The Bertz CT molecular complexity index is 537. The molecule has 1 aromatic heterocycles. The zero-order valence-electron chi connectivity index (χ0n) is 17.9. The van der Waals surface area contributed by atoms with Gasteiger partial charge >= 0.3 is 0 Å².